The lowest BCUT2D eigenvalue weighted by atomic mass is 10.3. The summed E-state index contributed by atoms with van der Waals surface area (Å²) in [5.74, 6) is 0. The van der Waals surface area contributed by atoms with Crippen molar-refractivity contribution in [1.29, 1.82) is 0 Å². The monoisotopic (exact) mass is 216 g/mol. The Morgan fingerprint density at radius 3 is 2.40 bits per heavy atom. The van der Waals surface area contributed by atoms with Gasteiger partial charge in [-0.2, -0.15) is 0 Å². The molecular weight excluding hydrogens is 196 g/mol. The highest BCUT2D eigenvalue weighted by Crippen LogP contribution is 2.04. The van der Waals surface area contributed by atoms with Gasteiger partial charge in [-0.3, -0.25) is 4.90 Å². The van der Waals surface area contributed by atoms with E-state index in [9.17, 15) is 4.79 Å². The first-order valence-corrected chi connectivity index (χ1v) is 5.42. The summed E-state index contributed by atoms with van der Waals surface area (Å²) in [6.45, 7) is 7.56. The van der Waals surface area contributed by atoms with Crippen molar-refractivity contribution < 1.29 is 14.6 Å². The van der Waals surface area contributed by atoms with E-state index in [1.807, 2.05) is 13.8 Å². The van der Waals surface area contributed by atoms with Crippen LogP contribution in [0.5, 0.6) is 0 Å². The minimum atomic E-state index is -0.228. The van der Waals surface area contributed by atoms with Crippen LogP contribution in [0.2, 0.25) is 0 Å². The fourth-order valence-corrected chi connectivity index (χ4v) is 1.57. The summed E-state index contributed by atoms with van der Waals surface area (Å²) in [5.41, 5.74) is 0. The number of piperazine rings is 1. The Balaban J connectivity index is 2.27. The van der Waals surface area contributed by atoms with E-state index in [1.54, 1.807) is 4.90 Å². The second-order valence-corrected chi connectivity index (χ2v) is 3.98. The molecule has 1 amide bonds. The second-order valence-electron chi connectivity index (χ2n) is 3.98. The zero-order chi connectivity index (χ0) is 11.3. The number of hydrogen-bond acceptors (Lipinski definition) is 4. The Morgan fingerprint density at radius 1 is 1.33 bits per heavy atom. The van der Waals surface area contributed by atoms with Gasteiger partial charge in [0, 0.05) is 32.7 Å². The highest BCUT2D eigenvalue weighted by molar-refractivity contribution is 5.67. The number of β-amino-alcohol motifs (C(OH)–C–C–N with tert-alkyl or cyclic N) is 1. The normalized spacial score (nSPS) is 18.3. The van der Waals surface area contributed by atoms with Gasteiger partial charge in [0.2, 0.25) is 0 Å². The van der Waals surface area contributed by atoms with Crippen LogP contribution in [0, 0.1) is 0 Å². The SMILES string of the molecule is CC(C)OC(=O)N1CCN(CCO)CC1. The fraction of sp³-hybridized carbons (Fsp3) is 0.900. The summed E-state index contributed by atoms with van der Waals surface area (Å²) in [4.78, 5) is 15.4. The molecule has 0 spiro atoms. The van der Waals surface area contributed by atoms with E-state index in [-0.39, 0.29) is 18.8 Å². The first kappa shape index (κ1) is 12.3. The Hall–Kier alpha value is -0.810. The van der Waals surface area contributed by atoms with Gasteiger partial charge >= 0.3 is 6.09 Å². The van der Waals surface area contributed by atoms with Crippen LogP contribution in [0.3, 0.4) is 0 Å². The number of rotatable bonds is 3. The van der Waals surface area contributed by atoms with Crippen molar-refractivity contribution in [2.45, 2.75) is 20.0 Å². The predicted molar refractivity (Wildman–Crippen MR) is 56.7 cm³/mol. The predicted octanol–water partition coefficient (Wildman–Crippen LogP) is 0.141. The highest BCUT2D eigenvalue weighted by atomic mass is 16.6. The summed E-state index contributed by atoms with van der Waals surface area (Å²) in [6, 6.07) is 0. The molecule has 0 radical (unpaired) electrons. The Morgan fingerprint density at radius 2 is 1.93 bits per heavy atom. The molecule has 88 valence electrons. The lowest BCUT2D eigenvalue weighted by Crippen LogP contribution is -2.49. The third-order valence-corrected chi connectivity index (χ3v) is 2.38. The molecule has 0 unspecified atom stereocenters. The van der Waals surface area contributed by atoms with E-state index in [0.29, 0.717) is 19.6 Å². The van der Waals surface area contributed by atoms with E-state index in [4.69, 9.17) is 9.84 Å². The largest absolute Gasteiger partial charge is 0.447 e. The molecule has 0 aliphatic carbocycles. The number of carbonyl (C=O) groups is 1. The molecule has 1 aliphatic heterocycles. The molecule has 5 nitrogen and oxygen atoms in total. The van der Waals surface area contributed by atoms with Crippen LogP contribution in [0.1, 0.15) is 13.8 Å². The molecule has 5 heteroatoms. The quantitative estimate of drug-likeness (QED) is 0.729. The molecule has 1 fully saturated rings. The number of nitrogens with zero attached hydrogens (tertiary/aromatic N) is 2. The number of ether oxygens (including phenoxy) is 1. The number of carbonyl (C=O) groups excluding carboxylic acids is 1. The summed E-state index contributed by atoms with van der Waals surface area (Å²) < 4.78 is 5.10. The van der Waals surface area contributed by atoms with Gasteiger partial charge in [-0.05, 0) is 13.8 Å². The summed E-state index contributed by atoms with van der Waals surface area (Å²) in [5, 5.41) is 8.77. The standard InChI is InChI=1S/C10H20N2O3/c1-9(2)15-10(14)12-5-3-11(4-6-12)7-8-13/h9,13H,3-8H2,1-2H3. The van der Waals surface area contributed by atoms with Crippen molar-refractivity contribution in [1.82, 2.24) is 9.80 Å². The molecule has 1 heterocycles. The highest BCUT2D eigenvalue weighted by Gasteiger charge is 2.22. The van der Waals surface area contributed by atoms with Crippen molar-refractivity contribution in [2.24, 2.45) is 0 Å². The van der Waals surface area contributed by atoms with Crippen molar-refractivity contribution >= 4 is 6.09 Å². The average Bonchev–Trinajstić information content (AvgIpc) is 2.18. The number of aliphatic hydroxyl groups is 1. The maximum Gasteiger partial charge on any atom is 0.410 e. The van der Waals surface area contributed by atoms with Gasteiger partial charge in [0.05, 0.1) is 12.7 Å². The zero-order valence-electron chi connectivity index (χ0n) is 9.48. The second kappa shape index (κ2) is 5.92. The zero-order valence-corrected chi connectivity index (χ0v) is 9.48. The molecule has 0 bridgehead atoms. The summed E-state index contributed by atoms with van der Waals surface area (Å²) in [6.07, 6.45) is -0.290. The van der Waals surface area contributed by atoms with Crippen molar-refractivity contribution in [3.8, 4) is 0 Å². The molecule has 0 aromatic carbocycles. The van der Waals surface area contributed by atoms with E-state index in [1.165, 1.54) is 0 Å². The number of aliphatic hydroxyl groups excluding tert-OH is 1. The molecular formula is C10H20N2O3. The van der Waals surface area contributed by atoms with Gasteiger partial charge < -0.3 is 14.7 Å². The van der Waals surface area contributed by atoms with Crippen molar-refractivity contribution in [3.63, 3.8) is 0 Å². The molecule has 0 atom stereocenters. The Labute approximate surface area is 90.6 Å². The third-order valence-electron chi connectivity index (χ3n) is 2.38. The minimum absolute atomic E-state index is 0.0621. The number of hydrogen-bond donors (Lipinski definition) is 1. The van der Waals surface area contributed by atoms with Crippen LogP contribution in [0.4, 0.5) is 4.79 Å². The molecule has 0 aromatic rings. The van der Waals surface area contributed by atoms with Crippen molar-refractivity contribution in [3.05, 3.63) is 0 Å². The van der Waals surface area contributed by atoms with Crippen LogP contribution < -0.4 is 0 Å². The molecule has 0 aromatic heterocycles. The van der Waals surface area contributed by atoms with Crippen LogP contribution in [0.25, 0.3) is 0 Å². The summed E-state index contributed by atoms with van der Waals surface area (Å²) >= 11 is 0. The van der Waals surface area contributed by atoms with Crippen LogP contribution in [-0.4, -0.2) is 66.4 Å². The van der Waals surface area contributed by atoms with Gasteiger partial charge in [0.1, 0.15) is 0 Å². The lowest BCUT2D eigenvalue weighted by Gasteiger charge is -2.33. The maximum atomic E-state index is 11.5. The molecule has 15 heavy (non-hydrogen) atoms. The van der Waals surface area contributed by atoms with Crippen LogP contribution in [-0.2, 0) is 4.74 Å². The van der Waals surface area contributed by atoms with E-state index in [2.05, 4.69) is 4.90 Å². The smallest absolute Gasteiger partial charge is 0.410 e. The van der Waals surface area contributed by atoms with Crippen LogP contribution >= 0.6 is 0 Å². The maximum absolute atomic E-state index is 11.5. The summed E-state index contributed by atoms with van der Waals surface area (Å²) in [7, 11) is 0. The molecule has 1 aliphatic rings. The van der Waals surface area contributed by atoms with Crippen molar-refractivity contribution in [2.75, 3.05) is 39.3 Å². The fourth-order valence-electron chi connectivity index (χ4n) is 1.57. The minimum Gasteiger partial charge on any atom is -0.447 e. The van der Waals surface area contributed by atoms with Gasteiger partial charge in [0.25, 0.3) is 0 Å². The first-order chi connectivity index (χ1) is 7.13. The lowest BCUT2D eigenvalue weighted by molar-refractivity contribution is 0.0542. The molecule has 0 saturated carbocycles. The molecule has 1 saturated heterocycles. The van der Waals surface area contributed by atoms with Gasteiger partial charge in [-0.25, -0.2) is 4.79 Å². The topological polar surface area (TPSA) is 53.0 Å². The Bertz CT molecular complexity index is 201. The third kappa shape index (κ3) is 4.05. The van der Waals surface area contributed by atoms with E-state index < -0.39 is 0 Å². The molecule has 1 N–H and O–H groups in total. The first-order valence-electron chi connectivity index (χ1n) is 5.42. The van der Waals surface area contributed by atoms with E-state index >= 15 is 0 Å². The van der Waals surface area contributed by atoms with E-state index in [0.717, 1.165) is 13.1 Å². The van der Waals surface area contributed by atoms with Crippen LogP contribution in [0.15, 0.2) is 0 Å². The van der Waals surface area contributed by atoms with Gasteiger partial charge in [0.15, 0.2) is 0 Å². The van der Waals surface area contributed by atoms with Gasteiger partial charge in [-0.1, -0.05) is 0 Å². The van der Waals surface area contributed by atoms with Gasteiger partial charge in [-0.15, -0.1) is 0 Å². The molecule has 1 rings (SSSR count). The average molecular weight is 216 g/mol. The Kier molecular flexibility index (Phi) is 4.84. The number of amides is 1.